The summed E-state index contributed by atoms with van der Waals surface area (Å²) in [5.74, 6) is 0. The predicted molar refractivity (Wildman–Crippen MR) is 49.3 cm³/mol. The van der Waals surface area contributed by atoms with E-state index in [2.05, 4.69) is 8.75 Å². The molecule has 0 saturated heterocycles. The first-order valence-corrected chi connectivity index (χ1v) is 4.54. The summed E-state index contributed by atoms with van der Waals surface area (Å²) in [6.45, 7) is -0.160. The fourth-order valence-electron chi connectivity index (χ4n) is 1.21. The molecule has 0 amide bonds. The Balaban J connectivity index is 2.67. The molecule has 0 atom stereocenters. The van der Waals surface area contributed by atoms with Crippen LogP contribution in [0.2, 0.25) is 0 Å². The number of fused-ring (bicyclic) bond motifs is 1. The average Bonchev–Trinajstić information content (AvgIpc) is 2.62. The fraction of sp³-hybridized carbons (Fsp3) is 0.250. The van der Waals surface area contributed by atoms with E-state index in [0.29, 0.717) is 11.1 Å². The third-order valence-electron chi connectivity index (χ3n) is 1.92. The summed E-state index contributed by atoms with van der Waals surface area (Å²) in [5.41, 5.74) is 2.96. The molecular formula is C8H8N2O2S. The van der Waals surface area contributed by atoms with E-state index in [1.165, 1.54) is 0 Å². The first kappa shape index (κ1) is 8.55. The van der Waals surface area contributed by atoms with Crippen LogP contribution in [0.4, 0.5) is 0 Å². The van der Waals surface area contributed by atoms with E-state index < -0.39 is 0 Å². The lowest BCUT2D eigenvalue weighted by Gasteiger charge is -2.02. The van der Waals surface area contributed by atoms with E-state index in [1.807, 2.05) is 0 Å². The Morgan fingerprint density at radius 1 is 1.00 bits per heavy atom. The second-order valence-corrected chi connectivity index (χ2v) is 3.22. The second-order valence-electron chi connectivity index (χ2n) is 2.69. The van der Waals surface area contributed by atoms with Crippen molar-refractivity contribution in [3.63, 3.8) is 0 Å². The van der Waals surface area contributed by atoms with Crippen molar-refractivity contribution in [1.29, 1.82) is 0 Å². The molecule has 0 aliphatic rings. The van der Waals surface area contributed by atoms with Crippen LogP contribution < -0.4 is 0 Å². The van der Waals surface area contributed by atoms with Gasteiger partial charge in [0, 0.05) is 0 Å². The first-order valence-electron chi connectivity index (χ1n) is 3.81. The molecule has 0 saturated carbocycles. The third-order valence-corrected chi connectivity index (χ3v) is 2.47. The minimum atomic E-state index is -0.0800. The maximum absolute atomic E-state index is 8.99. The first-order chi connectivity index (χ1) is 6.35. The third kappa shape index (κ3) is 1.41. The Kier molecular flexibility index (Phi) is 2.22. The molecule has 5 heteroatoms. The number of hydrogen-bond acceptors (Lipinski definition) is 5. The van der Waals surface area contributed by atoms with Gasteiger partial charge in [-0.15, -0.1) is 0 Å². The smallest absolute Gasteiger partial charge is 0.105 e. The molecule has 0 bridgehead atoms. The lowest BCUT2D eigenvalue weighted by Crippen LogP contribution is -1.93. The molecule has 2 rings (SSSR count). The number of benzene rings is 1. The zero-order valence-corrected chi connectivity index (χ0v) is 7.58. The number of aliphatic hydroxyl groups excluding tert-OH is 2. The maximum atomic E-state index is 8.99. The van der Waals surface area contributed by atoms with Crippen molar-refractivity contribution >= 4 is 22.8 Å². The van der Waals surface area contributed by atoms with E-state index in [-0.39, 0.29) is 13.2 Å². The summed E-state index contributed by atoms with van der Waals surface area (Å²) in [6.07, 6.45) is 0. The number of hydrogen-bond donors (Lipinski definition) is 2. The number of aliphatic hydroxyl groups is 2. The maximum Gasteiger partial charge on any atom is 0.105 e. The predicted octanol–water partition coefficient (Wildman–Crippen LogP) is 0.676. The van der Waals surface area contributed by atoms with Crippen LogP contribution in [0.5, 0.6) is 0 Å². The van der Waals surface area contributed by atoms with Gasteiger partial charge in [-0.3, -0.25) is 0 Å². The van der Waals surface area contributed by atoms with E-state index in [1.54, 1.807) is 12.1 Å². The van der Waals surface area contributed by atoms with E-state index in [0.717, 1.165) is 22.8 Å². The number of aromatic nitrogens is 2. The summed E-state index contributed by atoms with van der Waals surface area (Å²) < 4.78 is 8.08. The second kappa shape index (κ2) is 3.37. The Bertz CT molecular complexity index is 389. The highest BCUT2D eigenvalue weighted by molar-refractivity contribution is 7.00. The Morgan fingerprint density at radius 2 is 1.46 bits per heavy atom. The number of rotatable bonds is 2. The summed E-state index contributed by atoms with van der Waals surface area (Å²) in [7, 11) is 0. The zero-order chi connectivity index (χ0) is 9.26. The molecule has 2 N–H and O–H groups in total. The van der Waals surface area contributed by atoms with Crippen molar-refractivity contribution in [3.8, 4) is 0 Å². The molecule has 0 fully saturated rings. The van der Waals surface area contributed by atoms with Crippen LogP contribution in [-0.4, -0.2) is 19.0 Å². The molecule has 4 nitrogen and oxygen atoms in total. The molecule has 1 heterocycles. The Labute approximate surface area is 78.8 Å². The van der Waals surface area contributed by atoms with Crippen LogP contribution in [0, 0.1) is 0 Å². The average molecular weight is 196 g/mol. The van der Waals surface area contributed by atoms with Gasteiger partial charge < -0.3 is 10.2 Å². The van der Waals surface area contributed by atoms with Gasteiger partial charge in [-0.25, -0.2) is 0 Å². The quantitative estimate of drug-likeness (QED) is 0.741. The Hall–Kier alpha value is -1.04. The summed E-state index contributed by atoms with van der Waals surface area (Å²) in [6, 6.07) is 3.51. The van der Waals surface area contributed by atoms with Crippen LogP contribution >= 0.6 is 11.7 Å². The van der Waals surface area contributed by atoms with Crippen molar-refractivity contribution in [2.45, 2.75) is 13.2 Å². The van der Waals surface area contributed by atoms with Crippen molar-refractivity contribution in [1.82, 2.24) is 8.75 Å². The molecule has 13 heavy (non-hydrogen) atoms. The lowest BCUT2D eigenvalue weighted by atomic mass is 10.1. The molecule has 68 valence electrons. The summed E-state index contributed by atoms with van der Waals surface area (Å²) >= 11 is 1.13. The largest absolute Gasteiger partial charge is 0.392 e. The standard InChI is InChI=1S/C8H8N2O2S/c11-3-5-1-7-8(10-13-9-7)2-6(5)4-12/h1-2,11-12H,3-4H2. The molecule has 0 radical (unpaired) electrons. The van der Waals surface area contributed by atoms with Gasteiger partial charge in [-0.1, -0.05) is 0 Å². The van der Waals surface area contributed by atoms with Crippen LogP contribution in [0.3, 0.4) is 0 Å². The summed E-state index contributed by atoms with van der Waals surface area (Å²) in [4.78, 5) is 0. The lowest BCUT2D eigenvalue weighted by molar-refractivity contribution is 0.260. The van der Waals surface area contributed by atoms with E-state index in [4.69, 9.17) is 10.2 Å². The minimum absolute atomic E-state index is 0.0800. The molecule has 2 aromatic rings. The van der Waals surface area contributed by atoms with Gasteiger partial charge in [0.15, 0.2) is 0 Å². The molecule has 1 aromatic carbocycles. The highest BCUT2D eigenvalue weighted by atomic mass is 32.1. The Morgan fingerprint density at radius 3 is 1.85 bits per heavy atom. The molecular weight excluding hydrogens is 188 g/mol. The topological polar surface area (TPSA) is 66.2 Å². The van der Waals surface area contributed by atoms with Gasteiger partial charge in [0.05, 0.1) is 24.9 Å². The van der Waals surface area contributed by atoms with Gasteiger partial charge in [-0.2, -0.15) is 8.75 Å². The molecule has 0 aliphatic heterocycles. The van der Waals surface area contributed by atoms with Gasteiger partial charge >= 0.3 is 0 Å². The summed E-state index contributed by atoms with van der Waals surface area (Å²) in [5, 5.41) is 18.0. The van der Waals surface area contributed by atoms with Gasteiger partial charge in [0.25, 0.3) is 0 Å². The molecule has 0 aliphatic carbocycles. The van der Waals surface area contributed by atoms with E-state index in [9.17, 15) is 0 Å². The highest BCUT2D eigenvalue weighted by Gasteiger charge is 2.05. The van der Waals surface area contributed by atoms with Crippen molar-refractivity contribution < 1.29 is 10.2 Å². The van der Waals surface area contributed by atoms with Crippen molar-refractivity contribution in [2.24, 2.45) is 0 Å². The normalized spacial score (nSPS) is 10.9. The number of nitrogens with zero attached hydrogens (tertiary/aromatic N) is 2. The van der Waals surface area contributed by atoms with Crippen LogP contribution in [-0.2, 0) is 13.2 Å². The van der Waals surface area contributed by atoms with Gasteiger partial charge in [0.1, 0.15) is 11.0 Å². The van der Waals surface area contributed by atoms with Gasteiger partial charge in [0.2, 0.25) is 0 Å². The van der Waals surface area contributed by atoms with Gasteiger partial charge in [-0.05, 0) is 23.3 Å². The van der Waals surface area contributed by atoms with Crippen molar-refractivity contribution in [2.75, 3.05) is 0 Å². The SMILES string of the molecule is OCc1cc2nsnc2cc1CO. The van der Waals surface area contributed by atoms with Crippen LogP contribution in [0.1, 0.15) is 11.1 Å². The highest BCUT2D eigenvalue weighted by Crippen LogP contribution is 2.18. The monoisotopic (exact) mass is 196 g/mol. The van der Waals surface area contributed by atoms with Crippen molar-refractivity contribution in [3.05, 3.63) is 23.3 Å². The molecule has 0 unspecified atom stereocenters. The van der Waals surface area contributed by atoms with E-state index >= 15 is 0 Å². The minimum Gasteiger partial charge on any atom is -0.392 e. The zero-order valence-electron chi connectivity index (χ0n) is 6.77. The fourth-order valence-corrected chi connectivity index (χ4v) is 1.72. The molecule has 0 spiro atoms. The molecule has 1 aromatic heterocycles. The van der Waals surface area contributed by atoms with Crippen LogP contribution in [0.25, 0.3) is 11.0 Å². The van der Waals surface area contributed by atoms with Crippen LogP contribution in [0.15, 0.2) is 12.1 Å².